The maximum absolute atomic E-state index is 12.0. The highest BCUT2D eigenvalue weighted by molar-refractivity contribution is 8.00. The summed E-state index contributed by atoms with van der Waals surface area (Å²) in [5.41, 5.74) is 0.543. The molecule has 2 N–H and O–H groups in total. The number of carbonyl (C=O) groups is 3. The van der Waals surface area contributed by atoms with E-state index in [1.807, 2.05) is 0 Å². The van der Waals surface area contributed by atoms with Crippen LogP contribution >= 0.6 is 23.4 Å². The Morgan fingerprint density at radius 1 is 1.22 bits per heavy atom. The van der Waals surface area contributed by atoms with Crippen LogP contribution in [0.4, 0.5) is 11.5 Å². The average molecular weight is 412 g/mol. The van der Waals surface area contributed by atoms with Crippen LogP contribution in [-0.2, 0) is 19.1 Å². The molecule has 27 heavy (non-hydrogen) atoms. The third kappa shape index (κ3) is 7.32. The van der Waals surface area contributed by atoms with Crippen molar-refractivity contribution in [1.29, 1.82) is 0 Å². The molecule has 2 aromatic rings. The summed E-state index contributed by atoms with van der Waals surface area (Å²) >= 11 is 6.84. The third-order valence-electron chi connectivity index (χ3n) is 3.14. The number of esters is 1. The number of anilines is 2. The Hall–Kier alpha value is -2.52. The summed E-state index contributed by atoms with van der Waals surface area (Å²) in [6.45, 7) is 3.17. The Bertz CT molecular complexity index is 809. The second kappa shape index (κ2) is 9.98. The Morgan fingerprint density at radius 3 is 2.56 bits per heavy atom. The highest BCUT2D eigenvalue weighted by Crippen LogP contribution is 2.14. The van der Waals surface area contributed by atoms with Crippen molar-refractivity contribution in [3.05, 3.63) is 41.1 Å². The van der Waals surface area contributed by atoms with Gasteiger partial charge in [0.2, 0.25) is 5.91 Å². The molecular weight excluding hydrogens is 394 g/mol. The van der Waals surface area contributed by atoms with Gasteiger partial charge in [0.1, 0.15) is 5.76 Å². The lowest BCUT2D eigenvalue weighted by Gasteiger charge is -2.13. The number of halogens is 1. The van der Waals surface area contributed by atoms with Gasteiger partial charge in [-0.15, -0.1) is 11.8 Å². The zero-order chi connectivity index (χ0) is 19.8. The summed E-state index contributed by atoms with van der Waals surface area (Å²) in [7, 11) is 0. The second-order valence-electron chi connectivity index (χ2n) is 5.49. The molecule has 1 heterocycles. The topological polar surface area (TPSA) is 111 Å². The number of nitrogens with zero attached hydrogens (tertiary/aromatic N) is 1. The van der Waals surface area contributed by atoms with Crippen LogP contribution in [0.1, 0.15) is 12.7 Å². The lowest BCUT2D eigenvalue weighted by atomic mass is 10.3. The van der Waals surface area contributed by atoms with Crippen molar-refractivity contribution in [3.63, 3.8) is 0 Å². The molecule has 0 saturated carbocycles. The minimum Gasteiger partial charge on any atom is -0.452 e. The molecule has 2 rings (SSSR count). The van der Waals surface area contributed by atoms with Crippen LogP contribution in [0, 0.1) is 6.92 Å². The van der Waals surface area contributed by atoms with Gasteiger partial charge in [-0.2, -0.15) is 0 Å². The van der Waals surface area contributed by atoms with E-state index in [0.29, 0.717) is 22.3 Å². The van der Waals surface area contributed by atoms with Gasteiger partial charge in [-0.05, 0) is 38.1 Å². The number of nitrogens with one attached hydrogen (secondary N) is 2. The van der Waals surface area contributed by atoms with E-state index < -0.39 is 18.0 Å². The van der Waals surface area contributed by atoms with E-state index in [1.54, 1.807) is 37.3 Å². The molecule has 0 unspecified atom stereocenters. The number of rotatable bonds is 8. The summed E-state index contributed by atoms with van der Waals surface area (Å²) in [6.07, 6.45) is -0.972. The van der Waals surface area contributed by atoms with Gasteiger partial charge >= 0.3 is 5.97 Å². The van der Waals surface area contributed by atoms with Crippen LogP contribution in [-0.4, -0.2) is 40.6 Å². The number of hydrogen-bond acceptors (Lipinski definition) is 7. The fourth-order valence-corrected chi connectivity index (χ4v) is 2.61. The molecule has 1 aromatic carbocycles. The lowest BCUT2D eigenvalue weighted by molar-refractivity contribution is -0.150. The van der Waals surface area contributed by atoms with Crippen LogP contribution in [0.15, 0.2) is 34.9 Å². The minimum absolute atomic E-state index is 0.0341. The van der Waals surface area contributed by atoms with Crippen LogP contribution in [0.2, 0.25) is 5.02 Å². The largest absolute Gasteiger partial charge is 0.452 e. The molecule has 0 bridgehead atoms. The van der Waals surface area contributed by atoms with Crippen molar-refractivity contribution in [2.24, 2.45) is 0 Å². The summed E-state index contributed by atoms with van der Waals surface area (Å²) in [6, 6.07) is 8.13. The Kier molecular flexibility index (Phi) is 7.68. The van der Waals surface area contributed by atoms with E-state index in [9.17, 15) is 14.4 Å². The van der Waals surface area contributed by atoms with Gasteiger partial charge in [-0.25, -0.2) is 0 Å². The van der Waals surface area contributed by atoms with Gasteiger partial charge in [0.15, 0.2) is 11.9 Å². The average Bonchev–Trinajstić information content (AvgIpc) is 3.01. The molecule has 2 amide bonds. The standard InChI is InChI=1S/C17H18ClN3O5S/c1-10-7-14(21-26-10)20-15(22)8-27-9-16(23)25-11(2)17(24)19-13-5-3-12(18)4-6-13/h3-7,11H,8-9H2,1-2H3,(H,19,24)(H,20,21,22)/t11-/m1/s1. The van der Waals surface area contributed by atoms with Gasteiger partial charge in [-0.1, -0.05) is 16.8 Å². The Balaban J connectivity index is 1.67. The zero-order valence-electron chi connectivity index (χ0n) is 14.7. The van der Waals surface area contributed by atoms with Gasteiger partial charge in [0.25, 0.3) is 5.91 Å². The van der Waals surface area contributed by atoms with Gasteiger partial charge in [0.05, 0.1) is 11.5 Å². The van der Waals surface area contributed by atoms with E-state index in [0.717, 1.165) is 11.8 Å². The van der Waals surface area contributed by atoms with Gasteiger partial charge in [-0.3, -0.25) is 14.4 Å². The fraction of sp³-hybridized carbons (Fsp3) is 0.294. The summed E-state index contributed by atoms with van der Waals surface area (Å²) in [5, 5.41) is 9.34. The zero-order valence-corrected chi connectivity index (χ0v) is 16.2. The van der Waals surface area contributed by atoms with E-state index in [2.05, 4.69) is 15.8 Å². The molecule has 1 atom stereocenters. The number of hydrogen-bond donors (Lipinski definition) is 2. The van der Waals surface area contributed by atoms with Crippen molar-refractivity contribution < 1.29 is 23.6 Å². The highest BCUT2D eigenvalue weighted by Gasteiger charge is 2.18. The summed E-state index contributed by atoms with van der Waals surface area (Å²) < 4.78 is 9.89. The van der Waals surface area contributed by atoms with Gasteiger partial charge < -0.3 is 19.9 Å². The van der Waals surface area contributed by atoms with Crippen molar-refractivity contribution in [3.8, 4) is 0 Å². The highest BCUT2D eigenvalue weighted by atomic mass is 35.5. The molecule has 0 aliphatic rings. The first-order chi connectivity index (χ1) is 12.8. The van der Waals surface area contributed by atoms with E-state index in [1.165, 1.54) is 6.92 Å². The Labute approximate surface area is 164 Å². The summed E-state index contributed by atoms with van der Waals surface area (Å²) in [5.74, 6) is -0.523. The molecule has 0 radical (unpaired) electrons. The maximum Gasteiger partial charge on any atom is 0.316 e. The number of aryl methyl sites for hydroxylation is 1. The fourth-order valence-electron chi connectivity index (χ4n) is 1.89. The van der Waals surface area contributed by atoms with Crippen LogP contribution < -0.4 is 10.6 Å². The number of aromatic nitrogens is 1. The van der Waals surface area contributed by atoms with Gasteiger partial charge in [0, 0.05) is 16.8 Å². The first-order valence-corrected chi connectivity index (χ1v) is 9.43. The first-order valence-electron chi connectivity index (χ1n) is 7.90. The quantitative estimate of drug-likeness (QED) is 0.642. The molecule has 144 valence electrons. The molecule has 0 fully saturated rings. The van der Waals surface area contributed by atoms with Crippen LogP contribution in [0.25, 0.3) is 0 Å². The number of carbonyl (C=O) groups excluding carboxylic acids is 3. The molecule has 0 aliphatic carbocycles. The number of benzene rings is 1. The third-order valence-corrected chi connectivity index (χ3v) is 4.30. The predicted octanol–water partition coefficient (Wildman–Crippen LogP) is 2.88. The number of amides is 2. The number of thioether (sulfide) groups is 1. The molecule has 0 aliphatic heterocycles. The van der Waals surface area contributed by atoms with Crippen LogP contribution in [0.5, 0.6) is 0 Å². The summed E-state index contributed by atoms with van der Waals surface area (Å²) in [4.78, 5) is 35.5. The van der Waals surface area contributed by atoms with Crippen molar-refractivity contribution in [2.75, 3.05) is 22.1 Å². The minimum atomic E-state index is -0.972. The molecule has 0 saturated heterocycles. The van der Waals surface area contributed by atoms with E-state index in [4.69, 9.17) is 20.9 Å². The molecule has 8 nitrogen and oxygen atoms in total. The normalized spacial score (nSPS) is 11.5. The molecule has 1 aromatic heterocycles. The molecule has 0 spiro atoms. The smallest absolute Gasteiger partial charge is 0.316 e. The Morgan fingerprint density at radius 2 is 1.93 bits per heavy atom. The first kappa shape index (κ1) is 20.8. The van der Waals surface area contributed by atoms with Crippen molar-refractivity contribution in [2.45, 2.75) is 20.0 Å². The van der Waals surface area contributed by atoms with E-state index in [-0.39, 0.29) is 17.4 Å². The van der Waals surface area contributed by atoms with Crippen molar-refractivity contribution in [1.82, 2.24) is 5.16 Å². The van der Waals surface area contributed by atoms with E-state index >= 15 is 0 Å². The van der Waals surface area contributed by atoms with Crippen molar-refractivity contribution >= 4 is 52.7 Å². The SMILES string of the molecule is Cc1cc(NC(=O)CSCC(=O)O[C@H](C)C(=O)Nc2ccc(Cl)cc2)no1. The second-order valence-corrected chi connectivity index (χ2v) is 6.91. The lowest BCUT2D eigenvalue weighted by Crippen LogP contribution is -2.30. The molecular formula is C17H18ClN3O5S. The number of ether oxygens (including phenoxy) is 1. The predicted molar refractivity (Wildman–Crippen MR) is 103 cm³/mol. The molecule has 10 heteroatoms. The maximum atomic E-state index is 12.0. The monoisotopic (exact) mass is 411 g/mol. The van der Waals surface area contributed by atoms with Crippen LogP contribution in [0.3, 0.4) is 0 Å².